The van der Waals surface area contributed by atoms with Crippen LogP contribution in [0.5, 0.6) is 5.75 Å². The number of aliphatic hydroxyl groups is 1. The lowest BCUT2D eigenvalue weighted by Crippen LogP contribution is -2.45. The number of hydrogen-bond acceptors (Lipinski definition) is 4. The highest BCUT2D eigenvalue weighted by Crippen LogP contribution is 2.12. The lowest BCUT2D eigenvalue weighted by Gasteiger charge is -2.27. The van der Waals surface area contributed by atoms with Crippen molar-refractivity contribution in [2.75, 3.05) is 33.8 Å². The third kappa shape index (κ3) is 6.57. The molecule has 1 atom stereocenters. The average Bonchev–Trinajstić information content (AvgIpc) is 2.30. The zero-order chi connectivity index (χ0) is 14.3. The van der Waals surface area contributed by atoms with Crippen LogP contribution in [0.15, 0.2) is 24.3 Å². The Balaban J connectivity index is 2.36. The first-order chi connectivity index (χ1) is 8.93. The largest absolute Gasteiger partial charge is 0.494 e. The molecule has 0 saturated carbocycles. The summed E-state index contributed by atoms with van der Waals surface area (Å²) in [5.74, 6) is 0.894. The van der Waals surface area contributed by atoms with Crippen LogP contribution in [0.3, 0.4) is 0 Å². The van der Waals surface area contributed by atoms with E-state index in [0.29, 0.717) is 19.7 Å². The summed E-state index contributed by atoms with van der Waals surface area (Å²) in [7, 11) is 3.92. The predicted molar refractivity (Wildman–Crippen MR) is 78.5 cm³/mol. The summed E-state index contributed by atoms with van der Waals surface area (Å²) in [6, 6.07) is 8.02. The summed E-state index contributed by atoms with van der Waals surface area (Å²) in [5.41, 5.74) is 0.471. The zero-order valence-electron chi connectivity index (χ0n) is 12.4. The molecule has 4 nitrogen and oxygen atoms in total. The van der Waals surface area contributed by atoms with Crippen LogP contribution < -0.4 is 10.1 Å². The molecule has 1 aromatic rings. The quantitative estimate of drug-likeness (QED) is 0.748. The van der Waals surface area contributed by atoms with Crippen molar-refractivity contribution >= 4 is 0 Å². The predicted octanol–water partition coefficient (Wildman–Crippen LogP) is 1.49. The van der Waals surface area contributed by atoms with E-state index in [1.165, 1.54) is 5.56 Å². The monoisotopic (exact) mass is 266 g/mol. The standard InChI is InChI=1S/C15H26N2O2/c1-5-19-14-8-6-13(7-9-14)10-16-11-15(2,18)12-17(3)4/h6-9,16,18H,5,10-12H2,1-4H3. The minimum atomic E-state index is -0.714. The number of nitrogens with zero attached hydrogens (tertiary/aromatic N) is 1. The Hall–Kier alpha value is -1.10. The first kappa shape index (κ1) is 16.0. The van der Waals surface area contributed by atoms with Crippen LogP contribution in [0, 0.1) is 0 Å². The van der Waals surface area contributed by atoms with Crippen LogP contribution in [-0.2, 0) is 6.54 Å². The summed E-state index contributed by atoms with van der Waals surface area (Å²) in [5, 5.41) is 13.4. The van der Waals surface area contributed by atoms with Gasteiger partial charge in [0.1, 0.15) is 5.75 Å². The topological polar surface area (TPSA) is 44.7 Å². The maximum atomic E-state index is 10.2. The van der Waals surface area contributed by atoms with Crippen molar-refractivity contribution in [1.29, 1.82) is 0 Å². The van der Waals surface area contributed by atoms with Crippen molar-refractivity contribution in [3.63, 3.8) is 0 Å². The fourth-order valence-electron chi connectivity index (χ4n) is 2.08. The van der Waals surface area contributed by atoms with Crippen LogP contribution in [-0.4, -0.2) is 49.4 Å². The second kappa shape index (κ2) is 7.48. The van der Waals surface area contributed by atoms with Crippen LogP contribution >= 0.6 is 0 Å². The van der Waals surface area contributed by atoms with Crippen molar-refractivity contribution in [3.05, 3.63) is 29.8 Å². The Bertz CT molecular complexity index is 361. The van der Waals surface area contributed by atoms with E-state index in [9.17, 15) is 5.11 Å². The number of hydrogen-bond donors (Lipinski definition) is 2. The van der Waals surface area contributed by atoms with Crippen LogP contribution in [0.4, 0.5) is 0 Å². The van der Waals surface area contributed by atoms with Gasteiger partial charge in [-0.2, -0.15) is 0 Å². The van der Waals surface area contributed by atoms with Gasteiger partial charge in [0.25, 0.3) is 0 Å². The number of nitrogens with one attached hydrogen (secondary N) is 1. The zero-order valence-corrected chi connectivity index (χ0v) is 12.4. The minimum absolute atomic E-state index is 0.568. The Morgan fingerprint density at radius 3 is 2.42 bits per heavy atom. The van der Waals surface area contributed by atoms with Crippen LogP contribution in [0.25, 0.3) is 0 Å². The smallest absolute Gasteiger partial charge is 0.119 e. The second-order valence-corrected chi connectivity index (χ2v) is 5.42. The highest BCUT2D eigenvalue weighted by Gasteiger charge is 2.20. The van der Waals surface area contributed by atoms with Gasteiger partial charge in [-0.3, -0.25) is 0 Å². The van der Waals surface area contributed by atoms with Gasteiger partial charge in [0.05, 0.1) is 12.2 Å². The van der Waals surface area contributed by atoms with E-state index in [1.807, 2.05) is 57.1 Å². The molecule has 0 amide bonds. The van der Waals surface area contributed by atoms with Gasteiger partial charge in [-0.15, -0.1) is 0 Å². The molecule has 1 rings (SSSR count). The van der Waals surface area contributed by atoms with Gasteiger partial charge in [-0.25, -0.2) is 0 Å². The number of rotatable bonds is 8. The molecule has 2 N–H and O–H groups in total. The molecule has 1 aromatic carbocycles. The van der Waals surface area contributed by atoms with Crippen molar-refractivity contribution in [3.8, 4) is 5.75 Å². The fraction of sp³-hybridized carbons (Fsp3) is 0.600. The summed E-state index contributed by atoms with van der Waals surface area (Å²) in [4.78, 5) is 1.98. The lowest BCUT2D eigenvalue weighted by molar-refractivity contribution is 0.0336. The molecule has 0 aromatic heterocycles. The van der Waals surface area contributed by atoms with E-state index < -0.39 is 5.60 Å². The summed E-state index contributed by atoms with van der Waals surface area (Å²) < 4.78 is 5.40. The van der Waals surface area contributed by atoms with Gasteiger partial charge in [-0.05, 0) is 45.6 Å². The van der Waals surface area contributed by atoms with Crippen molar-refractivity contribution < 1.29 is 9.84 Å². The molecule has 1 unspecified atom stereocenters. The highest BCUT2D eigenvalue weighted by atomic mass is 16.5. The van der Waals surface area contributed by atoms with Gasteiger partial charge < -0.3 is 20.1 Å². The molecule has 0 saturated heterocycles. The molecule has 0 aliphatic heterocycles. The van der Waals surface area contributed by atoms with E-state index >= 15 is 0 Å². The van der Waals surface area contributed by atoms with Crippen LogP contribution in [0.1, 0.15) is 19.4 Å². The number of benzene rings is 1. The maximum Gasteiger partial charge on any atom is 0.119 e. The molecule has 0 aliphatic carbocycles. The number of ether oxygens (including phenoxy) is 1. The summed E-state index contributed by atoms with van der Waals surface area (Å²) in [6.45, 7) is 6.46. The molecular weight excluding hydrogens is 240 g/mol. The Kier molecular flexibility index (Phi) is 6.28. The lowest BCUT2D eigenvalue weighted by atomic mass is 10.1. The summed E-state index contributed by atoms with van der Waals surface area (Å²) in [6.07, 6.45) is 0. The molecule has 0 fully saturated rings. The Morgan fingerprint density at radius 1 is 1.26 bits per heavy atom. The maximum absolute atomic E-state index is 10.2. The molecule has 108 valence electrons. The van der Waals surface area contributed by atoms with Gasteiger partial charge >= 0.3 is 0 Å². The van der Waals surface area contributed by atoms with E-state index in [0.717, 1.165) is 12.3 Å². The van der Waals surface area contributed by atoms with E-state index in [1.54, 1.807) is 0 Å². The Morgan fingerprint density at radius 2 is 1.89 bits per heavy atom. The van der Waals surface area contributed by atoms with E-state index in [2.05, 4.69) is 5.32 Å². The molecule has 0 aliphatic rings. The minimum Gasteiger partial charge on any atom is -0.494 e. The van der Waals surface area contributed by atoms with Gasteiger partial charge in [0, 0.05) is 19.6 Å². The molecular formula is C15H26N2O2. The fourth-order valence-corrected chi connectivity index (χ4v) is 2.08. The normalized spacial score (nSPS) is 14.4. The number of likely N-dealkylation sites (N-methyl/N-ethyl adjacent to an activating group) is 1. The first-order valence-corrected chi connectivity index (χ1v) is 6.72. The van der Waals surface area contributed by atoms with Gasteiger partial charge in [0.2, 0.25) is 0 Å². The molecule has 0 heterocycles. The van der Waals surface area contributed by atoms with Crippen LogP contribution in [0.2, 0.25) is 0 Å². The third-order valence-corrected chi connectivity index (χ3v) is 2.73. The van der Waals surface area contributed by atoms with Crippen molar-refractivity contribution in [1.82, 2.24) is 10.2 Å². The first-order valence-electron chi connectivity index (χ1n) is 6.72. The van der Waals surface area contributed by atoms with E-state index in [4.69, 9.17) is 4.74 Å². The second-order valence-electron chi connectivity index (χ2n) is 5.42. The molecule has 19 heavy (non-hydrogen) atoms. The molecule has 0 spiro atoms. The average molecular weight is 266 g/mol. The SMILES string of the molecule is CCOc1ccc(CNCC(C)(O)CN(C)C)cc1. The molecule has 4 heteroatoms. The Labute approximate surface area is 116 Å². The van der Waals surface area contributed by atoms with E-state index in [-0.39, 0.29) is 0 Å². The third-order valence-electron chi connectivity index (χ3n) is 2.73. The van der Waals surface area contributed by atoms with Gasteiger partial charge in [-0.1, -0.05) is 12.1 Å². The van der Waals surface area contributed by atoms with Gasteiger partial charge in [0.15, 0.2) is 0 Å². The van der Waals surface area contributed by atoms with Crippen molar-refractivity contribution in [2.24, 2.45) is 0 Å². The van der Waals surface area contributed by atoms with Crippen molar-refractivity contribution in [2.45, 2.75) is 26.0 Å². The summed E-state index contributed by atoms with van der Waals surface area (Å²) >= 11 is 0. The molecule has 0 bridgehead atoms. The highest BCUT2D eigenvalue weighted by molar-refractivity contribution is 5.27. The molecule has 0 radical (unpaired) electrons.